The van der Waals surface area contributed by atoms with Crippen molar-refractivity contribution in [3.8, 4) is 0 Å². The molecule has 7 atom stereocenters. The van der Waals surface area contributed by atoms with Crippen LogP contribution in [0.25, 0.3) is 0 Å². The van der Waals surface area contributed by atoms with Crippen LogP contribution in [0.4, 0.5) is 0 Å². The van der Waals surface area contributed by atoms with E-state index in [1.165, 1.54) is 42.9 Å². The Hall–Kier alpha value is -2.59. The van der Waals surface area contributed by atoms with Gasteiger partial charge in [-0.3, -0.25) is 4.79 Å². The largest absolute Gasteiger partial charge is 0.462 e. The number of rotatable bonds is 10. The van der Waals surface area contributed by atoms with Gasteiger partial charge in [0.1, 0.15) is 24.4 Å². The summed E-state index contributed by atoms with van der Waals surface area (Å²) in [4.78, 5) is 37.0. The normalized spacial score (nSPS) is 36.7. The van der Waals surface area contributed by atoms with Crippen molar-refractivity contribution in [3.05, 3.63) is 47.6 Å². The summed E-state index contributed by atoms with van der Waals surface area (Å²) < 4.78 is 24.5. The van der Waals surface area contributed by atoms with Gasteiger partial charge in [0.2, 0.25) is 0 Å². The quantitative estimate of drug-likeness (QED) is 0.144. The van der Waals surface area contributed by atoms with E-state index < -0.39 is 46.4 Å². The molecule has 9 nitrogen and oxygen atoms in total. The summed E-state index contributed by atoms with van der Waals surface area (Å²) in [6.07, 6.45) is 8.78. The fourth-order valence-electron chi connectivity index (χ4n) is 6.43. The van der Waals surface area contributed by atoms with Gasteiger partial charge < -0.3 is 29.2 Å². The Morgan fingerprint density at radius 3 is 2.61 bits per heavy atom. The van der Waals surface area contributed by atoms with E-state index in [9.17, 15) is 19.5 Å². The number of hydrogen-bond donors (Lipinski definition) is 2. The second-order valence-electron chi connectivity index (χ2n) is 11.1. The van der Waals surface area contributed by atoms with Crippen molar-refractivity contribution in [2.75, 3.05) is 19.8 Å². The van der Waals surface area contributed by atoms with Crippen molar-refractivity contribution in [1.29, 1.82) is 0 Å². The Bertz CT molecular complexity index is 1080. The fourth-order valence-corrected chi connectivity index (χ4v) is 6.43. The number of esters is 2. The number of carbonyl (C=O) groups excluding carboxylic acids is 3. The maximum Gasteiger partial charge on any atom is 0.331 e. The van der Waals surface area contributed by atoms with Gasteiger partial charge in [0.25, 0.3) is 0 Å². The van der Waals surface area contributed by atoms with Crippen LogP contribution < -0.4 is 0 Å². The van der Waals surface area contributed by atoms with E-state index in [1.807, 2.05) is 0 Å². The van der Waals surface area contributed by atoms with Crippen LogP contribution in [0.5, 0.6) is 0 Å². The highest BCUT2D eigenvalue weighted by molar-refractivity contribution is 5.93. The molecule has 1 spiro atoms. The standard InChI is InChI=1S/C29H38O9/c1-18-9-11-28(16-35-26(34)14-19(2)10-12-30)23(13-18)37-24-15-22(27(28,4)29(24)17-36-29)38-25(33)8-6-5-7-21(32)20(3)31/h5-8,13-14,20,22-24,30-31H,9-12,15-17H2,1-4H3/b7-5+,8-6+,19-14+/t20-,22+,23+,24+,27+,28+,29-/m0/s1. The molecule has 0 aromatic carbocycles. The van der Waals surface area contributed by atoms with Crippen LogP contribution in [0.3, 0.4) is 0 Å². The molecule has 2 aliphatic carbocycles. The summed E-state index contributed by atoms with van der Waals surface area (Å²) in [5, 5.41) is 18.4. The number of ether oxygens (including phenoxy) is 4. The van der Waals surface area contributed by atoms with Crippen molar-refractivity contribution >= 4 is 17.7 Å². The third-order valence-electron chi connectivity index (χ3n) is 8.83. The van der Waals surface area contributed by atoms with E-state index in [2.05, 4.69) is 19.9 Å². The Balaban J connectivity index is 1.59. The first kappa shape index (κ1) is 28.4. The monoisotopic (exact) mass is 530 g/mol. The van der Waals surface area contributed by atoms with Gasteiger partial charge in [-0.25, -0.2) is 9.59 Å². The molecule has 2 bridgehead atoms. The highest BCUT2D eigenvalue weighted by Gasteiger charge is 2.83. The molecule has 9 heteroatoms. The van der Waals surface area contributed by atoms with Gasteiger partial charge in [-0.1, -0.05) is 36.3 Å². The summed E-state index contributed by atoms with van der Waals surface area (Å²) >= 11 is 0. The number of hydrogen-bond acceptors (Lipinski definition) is 9. The molecule has 0 aromatic heterocycles. The zero-order valence-electron chi connectivity index (χ0n) is 22.5. The van der Waals surface area contributed by atoms with Gasteiger partial charge in [-0.05, 0) is 46.1 Å². The molecule has 1 saturated carbocycles. The maximum absolute atomic E-state index is 12.8. The summed E-state index contributed by atoms with van der Waals surface area (Å²) in [6.45, 7) is 7.76. The number of ketones is 1. The van der Waals surface area contributed by atoms with Crippen molar-refractivity contribution in [2.24, 2.45) is 10.8 Å². The molecule has 4 rings (SSSR count). The van der Waals surface area contributed by atoms with Crippen molar-refractivity contribution in [1.82, 2.24) is 0 Å². The van der Waals surface area contributed by atoms with Crippen molar-refractivity contribution in [3.63, 3.8) is 0 Å². The molecule has 0 amide bonds. The number of aliphatic hydroxyl groups is 2. The highest BCUT2D eigenvalue weighted by Crippen LogP contribution is 2.72. The van der Waals surface area contributed by atoms with E-state index in [1.54, 1.807) is 6.92 Å². The van der Waals surface area contributed by atoms with E-state index in [0.29, 0.717) is 25.9 Å². The van der Waals surface area contributed by atoms with Crippen LogP contribution in [0.2, 0.25) is 0 Å². The number of epoxide rings is 1. The number of carbonyl (C=O) groups is 3. The zero-order valence-corrected chi connectivity index (χ0v) is 22.5. The van der Waals surface area contributed by atoms with E-state index in [0.717, 1.165) is 12.0 Å². The molecule has 208 valence electrons. The van der Waals surface area contributed by atoms with Crippen molar-refractivity contribution < 1.29 is 43.5 Å². The highest BCUT2D eigenvalue weighted by atomic mass is 16.6. The Kier molecular flexibility index (Phi) is 8.14. The molecule has 2 saturated heterocycles. The molecule has 0 radical (unpaired) electrons. The molecule has 38 heavy (non-hydrogen) atoms. The zero-order chi connectivity index (χ0) is 27.7. The lowest BCUT2D eigenvalue weighted by atomic mass is 9.51. The molecular weight excluding hydrogens is 492 g/mol. The SMILES string of the molecule is CC1=C[C@H]2O[C@@H]3C[C@@H](OC(=O)/C=C/C=C/C(=O)[C@H](C)O)[C@](C)([C@@]2(COC(=O)/C=C(\C)CCO)CC1)[C@]31CO1. The molecule has 3 fully saturated rings. The maximum atomic E-state index is 12.8. The smallest absolute Gasteiger partial charge is 0.331 e. The predicted molar refractivity (Wildman–Crippen MR) is 137 cm³/mol. The van der Waals surface area contributed by atoms with Gasteiger partial charge in [-0.15, -0.1) is 0 Å². The number of allylic oxidation sites excluding steroid dienone is 3. The minimum absolute atomic E-state index is 0.0486. The molecule has 2 N–H and O–H groups in total. The van der Waals surface area contributed by atoms with Gasteiger partial charge in [0.15, 0.2) is 5.78 Å². The first-order valence-electron chi connectivity index (χ1n) is 13.2. The minimum Gasteiger partial charge on any atom is -0.462 e. The number of aliphatic hydroxyl groups excluding tert-OH is 2. The summed E-state index contributed by atoms with van der Waals surface area (Å²) in [5.74, 6) is -1.52. The topological polar surface area (TPSA) is 132 Å². The first-order chi connectivity index (χ1) is 18.0. The molecule has 2 heterocycles. The van der Waals surface area contributed by atoms with Gasteiger partial charge in [0.05, 0.1) is 24.2 Å². The molecule has 0 unspecified atom stereocenters. The van der Waals surface area contributed by atoms with Gasteiger partial charge in [-0.2, -0.15) is 0 Å². The predicted octanol–water partition coefficient (Wildman–Crippen LogP) is 2.51. The lowest BCUT2D eigenvalue weighted by Crippen LogP contribution is -2.66. The average molecular weight is 531 g/mol. The van der Waals surface area contributed by atoms with E-state index in [-0.39, 0.29) is 25.4 Å². The van der Waals surface area contributed by atoms with Gasteiger partial charge >= 0.3 is 11.9 Å². The Morgan fingerprint density at radius 2 is 1.95 bits per heavy atom. The molecule has 4 aliphatic rings. The molecule has 2 aliphatic heterocycles. The average Bonchev–Trinajstić information content (AvgIpc) is 3.63. The van der Waals surface area contributed by atoms with Gasteiger partial charge in [0, 0.05) is 30.6 Å². The van der Waals surface area contributed by atoms with Crippen LogP contribution >= 0.6 is 0 Å². The summed E-state index contributed by atoms with van der Waals surface area (Å²) in [5.41, 5.74) is -0.0706. The Morgan fingerprint density at radius 1 is 1.24 bits per heavy atom. The fraction of sp³-hybridized carbons (Fsp3) is 0.621. The van der Waals surface area contributed by atoms with Crippen LogP contribution in [0, 0.1) is 10.8 Å². The third kappa shape index (κ3) is 4.93. The summed E-state index contributed by atoms with van der Waals surface area (Å²) in [6, 6.07) is 0. The van der Waals surface area contributed by atoms with E-state index >= 15 is 0 Å². The first-order valence-corrected chi connectivity index (χ1v) is 13.2. The second kappa shape index (κ2) is 10.9. The van der Waals surface area contributed by atoms with Crippen molar-refractivity contribution in [2.45, 2.75) is 83.4 Å². The van der Waals surface area contributed by atoms with Crippen LogP contribution in [-0.4, -0.2) is 77.8 Å². The second-order valence-corrected chi connectivity index (χ2v) is 11.1. The number of fused-ring (bicyclic) bond motifs is 2. The van der Waals surface area contributed by atoms with Crippen LogP contribution in [0.1, 0.15) is 53.4 Å². The molecular formula is C29H38O9. The van der Waals surface area contributed by atoms with Crippen LogP contribution in [0.15, 0.2) is 47.6 Å². The lowest BCUT2D eigenvalue weighted by molar-refractivity contribution is -0.232. The third-order valence-corrected chi connectivity index (χ3v) is 8.83. The van der Waals surface area contributed by atoms with Crippen LogP contribution in [-0.2, 0) is 33.3 Å². The summed E-state index contributed by atoms with van der Waals surface area (Å²) in [7, 11) is 0. The molecule has 0 aromatic rings. The minimum atomic E-state index is -1.11. The van der Waals surface area contributed by atoms with E-state index in [4.69, 9.17) is 24.1 Å². The Labute approximate surface area is 223 Å². The lowest BCUT2D eigenvalue weighted by Gasteiger charge is -2.58.